The average molecular weight is 445 g/mol. The van der Waals surface area contributed by atoms with Gasteiger partial charge >= 0.3 is 0 Å². The average Bonchev–Trinajstić information content (AvgIpc) is 2.80. The zero-order valence-electron chi connectivity index (χ0n) is 17.7. The van der Waals surface area contributed by atoms with Crippen molar-refractivity contribution in [1.82, 2.24) is 9.97 Å². The number of nitrogens with one attached hydrogen (secondary N) is 1. The highest BCUT2D eigenvalue weighted by Gasteiger charge is 2.14. The lowest BCUT2D eigenvalue weighted by Gasteiger charge is -2.15. The number of aromatic nitrogens is 2. The summed E-state index contributed by atoms with van der Waals surface area (Å²) < 4.78 is 11.6. The number of hydrogen-bond donors (Lipinski definition) is 1. The first kappa shape index (κ1) is 21.4. The number of pyridine rings is 2. The summed E-state index contributed by atoms with van der Waals surface area (Å²) in [6.45, 7) is 4.75. The Bertz CT molecular complexity index is 1300. The van der Waals surface area contributed by atoms with Gasteiger partial charge in [-0.2, -0.15) is 5.26 Å². The Morgan fingerprint density at radius 3 is 2.66 bits per heavy atom. The van der Waals surface area contributed by atoms with Crippen molar-refractivity contribution in [3.8, 4) is 17.6 Å². The molecular formula is C25H21ClN4O2. The van der Waals surface area contributed by atoms with Gasteiger partial charge in [-0.15, -0.1) is 0 Å². The third-order valence-electron chi connectivity index (χ3n) is 4.80. The molecule has 6 nitrogen and oxygen atoms in total. The maximum absolute atomic E-state index is 9.66. The Balaban J connectivity index is 1.65. The fraction of sp³-hybridized carbons (Fsp3) is 0.160. The molecule has 7 heteroatoms. The second kappa shape index (κ2) is 9.54. The molecule has 32 heavy (non-hydrogen) atoms. The zero-order valence-corrected chi connectivity index (χ0v) is 18.5. The number of ether oxygens (including phenoxy) is 2. The molecule has 0 unspecified atom stereocenters. The summed E-state index contributed by atoms with van der Waals surface area (Å²) in [5.74, 6) is 1.24. The van der Waals surface area contributed by atoms with Crippen LogP contribution in [0, 0.1) is 18.3 Å². The van der Waals surface area contributed by atoms with E-state index >= 15 is 0 Å². The first-order valence-electron chi connectivity index (χ1n) is 10.1. The number of aryl methyl sites for hydroxylation is 1. The van der Waals surface area contributed by atoms with Crippen LogP contribution in [0.2, 0.25) is 5.02 Å². The minimum absolute atomic E-state index is 0.320. The van der Waals surface area contributed by atoms with Crippen molar-refractivity contribution in [2.45, 2.75) is 20.5 Å². The van der Waals surface area contributed by atoms with E-state index in [0.717, 1.165) is 22.3 Å². The van der Waals surface area contributed by atoms with E-state index in [1.807, 2.05) is 50.2 Å². The molecule has 0 fully saturated rings. The standard InChI is InChI=1S/C25H21ClN4O2/c1-3-31-23-11-16(2)10-20-24(17(13-27)14-29-25(20)23)30-18-7-8-22(21(26)12-18)32-15-19-6-4-5-9-28-19/h4-12,14H,3,15H2,1-2H3,(H,29,30). The zero-order chi connectivity index (χ0) is 22.5. The summed E-state index contributed by atoms with van der Waals surface area (Å²) in [5.41, 5.74) is 4.33. The Morgan fingerprint density at radius 2 is 1.94 bits per heavy atom. The van der Waals surface area contributed by atoms with E-state index in [4.69, 9.17) is 21.1 Å². The molecule has 0 aliphatic rings. The summed E-state index contributed by atoms with van der Waals surface area (Å²) in [5, 5.41) is 14.3. The molecule has 0 aliphatic carbocycles. The highest BCUT2D eigenvalue weighted by Crippen LogP contribution is 2.36. The van der Waals surface area contributed by atoms with Crippen molar-refractivity contribution >= 4 is 33.9 Å². The summed E-state index contributed by atoms with van der Waals surface area (Å²) in [4.78, 5) is 8.70. The van der Waals surface area contributed by atoms with Gasteiger partial charge in [0, 0.05) is 23.5 Å². The van der Waals surface area contributed by atoms with E-state index in [9.17, 15) is 5.26 Å². The van der Waals surface area contributed by atoms with Crippen molar-refractivity contribution in [2.75, 3.05) is 11.9 Å². The minimum atomic E-state index is 0.320. The molecule has 0 bridgehead atoms. The van der Waals surface area contributed by atoms with Crippen molar-refractivity contribution in [1.29, 1.82) is 5.26 Å². The Morgan fingerprint density at radius 1 is 1.06 bits per heavy atom. The van der Waals surface area contributed by atoms with Crippen LogP contribution in [0.25, 0.3) is 10.9 Å². The molecule has 0 spiro atoms. The molecule has 0 amide bonds. The molecule has 0 radical (unpaired) electrons. The van der Waals surface area contributed by atoms with Crippen LogP contribution in [0.4, 0.5) is 11.4 Å². The largest absolute Gasteiger partial charge is 0.492 e. The summed E-state index contributed by atoms with van der Waals surface area (Å²) in [6.07, 6.45) is 3.27. The molecule has 4 aromatic rings. The monoisotopic (exact) mass is 444 g/mol. The molecule has 2 aromatic carbocycles. The lowest BCUT2D eigenvalue weighted by Crippen LogP contribution is -2.01. The fourth-order valence-corrected chi connectivity index (χ4v) is 3.60. The molecule has 2 heterocycles. The molecule has 0 aliphatic heterocycles. The Labute approximate surface area is 191 Å². The Hall–Kier alpha value is -3.82. The summed E-state index contributed by atoms with van der Waals surface area (Å²) in [6, 6.07) is 17.2. The summed E-state index contributed by atoms with van der Waals surface area (Å²) in [7, 11) is 0. The van der Waals surface area contributed by atoms with Gasteiger partial charge in [-0.1, -0.05) is 17.7 Å². The number of hydrogen-bond acceptors (Lipinski definition) is 6. The maximum Gasteiger partial charge on any atom is 0.145 e. The van der Waals surface area contributed by atoms with Crippen LogP contribution in [-0.2, 0) is 6.61 Å². The normalized spacial score (nSPS) is 10.6. The van der Waals surface area contributed by atoms with Crippen LogP contribution < -0.4 is 14.8 Å². The van der Waals surface area contributed by atoms with Crippen LogP contribution >= 0.6 is 11.6 Å². The third kappa shape index (κ3) is 4.58. The second-order valence-electron chi connectivity index (χ2n) is 7.13. The van der Waals surface area contributed by atoms with Crippen LogP contribution in [0.3, 0.4) is 0 Å². The maximum atomic E-state index is 9.66. The highest BCUT2D eigenvalue weighted by molar-refractivity contribution is 6.32. The number of benzene rings is 2. The predicted molar refractivity (Wildman–Crippen MR) is 126 cm³/mol. The molecule has 0 saturated heterocycles. The van der Waals surface area contributed by atoms with Crippen molar-refractivity contribution in [3.63, 3.8) is 0 Å². The van der Waals surface area contributed by atoms with Gasteiger partial charge in [0.25, 0.3) is 0 Å². The molecule has 2 aromatic heterocycles. The highest BCUT2D eigenvalue weighted by atomic mass is 35.5. The van der Waals surface area contributed by atoms with Crippen molar-refractivity contribution < 1.29 is 9.47 Å². The van der Waals surface area contributed by atoms with Gasteiger partial charge in [0.05, 0.1) is 28.6 Å². The molecule has 160 valence electrons. The summed E-state index contributed by atoms with van der Waals surface area (Å²) >= 11 is 6.46. The van der Waals surface area contributed by atoms with Crippen LogP contribution in [-0.4, -0.2) is 16.6 Å². The van der Waals surface area contributed by atoms with E-state index in [2.05, 4.69) is 21.4 Å². The van der Waals surface area contributed by atoms with Crippen molar-refractivity contribution in [2.24, 2.45) is 0 Å². The van der Waals surface area contributed by atoms with E-state index in [-0.39, 0.29) is 0 Å². The van der Waals surface area contributed by atoms with Gasteiger partial charge in [0.15, 0.2) is 0 Å². The van der Waals surface area contributed by atoms with Crippen LogP contribution in [0.5, 0.6) is 11.5 Å². The first-order chi connectivity index (χ1) is 15.6. The fourth-order valence-electron chi connectivity index (χ4n) is 3.37. The van der Waals surface area contributed by atoms with Crippen LogP contribution in [0.15, 0.2) is 60.9 Å². The second-order valence-corrected chi connectivity index (χ2v) is 7.54. The molecular weight excluding hydrogens is 424 g/mol. The number of halogens is 1. The van der Waals surface area contributed by atoms with Gasteiger partial charge in [-0.3, -0.25) is 9.97 Å². The predicted octanol–water partition coefficient (Wildman–Crippen LogP) is 6.18. The van der Waals surface area contributed by atoms with E-state index in [1.165, 1.54) is 0 Å². The minimum Gasteiger partial charge on any atom is -0.492 e. The number of fused-ring (bicyclic) bond motifs is 1. The first-order valence-corrected chi connectivity index (χ1v) is 10.5. The molecule has 0 saturated carbocycles. The van der Waals surface area contributed by atoms with Gasteiger partial charge in [0.2, 0.25) is 0 Å². The lowest BCUT2D eigenvalue weighted by molar-refractivity contribution is 0.301. The number of nitriles is 1. The molecule has 4 rings (SSSR count). The van der Waals surface area contributed by atoms with E-state index < -0.39 is 0 Å². The lowest BCUT2D eigenvalue weighted by atomic mass is 10.1. The third-order valence-corrected chi connectivity index (χ3v) is 5.10. The SMILES string of the molecule is CCOc1cc(C)cc2c(Nc3ccc(OCc4ccccn4)c(Cl)c3)c(C#N)cnc12. The quantitative estimate of drug-likeness (QED) is 0.366. The molecule has 0 atom stereocenters. The van der Waals surface area contributed by atoms with Crippen LogP contribution in [0.1, 0.15) is 23.7 Å². The molecule has 1 N–H and O–H groups in total. The van der Waals surface area contributed by atoms with Gasteiger partial charge in [0.1, 0.15) is 29.7 Å². The number of rotatable bonds is 7. The van der Waals surface area contributed by atoms with Gasteiger partial charge in [-0.25, -0.2) is 0 Å². The van der Waals surface area contributed by atoms with E-state index in [1.54, 1.807) is 24.5 Å². The number of nitrogens with zero attached hydrogens (tertiary/aromatic N) is 3. The van der Waals surface area contributed by atoms with Gasteiger partial charge < -0.3 is 14.8 Å². The van der Waals surface area contributed by atoms with Crippen molar-refractivity contribution in [3.05, 3.63) is 82.8 Å². The smallest absolute Gasteiger partial charge is 0.145 e. The number of anilines is 2. The van der Waals surface area contributed by atoms with E-state index in [0.29, 0.717) is 46.5 Å². The van der Waals surface area contributed by atoms with Gasteiger partial charge in [-0.05, 0) is 61.9 Å². The topological polar surface area (TPSA) is 80.1 Å². The Kier molecular flexibility index (Phi) is 6.39.